The number of hydrogen-bond donors (Lipinski definition) is 0. The van der Waals surface area contributed by atoms with Crippen LogP contribution in [0.5, 0.6) is 0 Å². The molecule has 6 atom stereocenters. The Morgan fingerprint density at radius 2 is 1.67 bits per heavy atom. The molecule has 0 aromatic heterocycles. The standard InChI is InChI=1S/C10H14Br2/c11-8-4-7-5-1-2-6(3-5)9(7)10(8)12/h5-10H,1-4H2/t5-,6+,7+,8+,9+,10+/m0/s1. The molecule has 3 rings (SSSR count). The highest BCUT2D eigenvalue weighted by Crippen LogP contribution is 2.61. The summed E-state index contributed by atoms with van der Waals surface area (Å²) in [6.45, 7) is 0. The number of hydrogen-bond acceptors (Lipinski definition) is 0. The molecule has 2 bridgehead atoms. The van der Waals surface area contributed by atoms with Gasteiger partial charge in [0.25, 0.3) is 0 Å². The number of alkyl halides is 2. The summed E-state index contributed by atoms with van der Waals surface area (Å²) in [6.07, 6.45) is 6.04. The molecule has 0 N–H and O–H groups in total. The fraction of sp³-hybridized carbons (Fsp3) is 1.00. The molecule has 0 heterocycles. The quantitative estimate of drug-likeness (QED) is 0.599. The molecule has 3 aliphatic rings. The van der Waals surface area contributed by atoms with Crippen molar-refractivity contribution in [2.45, 2.75) is 35.3 Å². The summed E-state index contributed by atoms with van der Waals surface area (Å²) in [5.41, 5.74) is 0. The third kappa shape index (κ3) is 0.943. The molecule has 3 saturated carbocycles. The minimum Gasteiger partial charge on any atom is -0.0878 e. The summed E-state index contributed by atoms with van der Waals surface area (Å²) >= 11 is 7.66. The van der Waals surface area contributed by atoms with Gasteiger partial charge in [-0.3, -0.25) is 0 Å². The van der Waals surface area contributed by atoms with Gasteiger partial charge in [-0.2, -0.15) is 0 Å². The van der Waals surface area contributed by atoms with Crippen LogP contribution in [0.1, 0.15) is 25.7 Å². The summed E-state index contributed by atoms with van der Waals surface area (Å²) in [5, 5.41) is 0. The van der Waals surface area contributed by atoms with E-state index in [1.165, 1.54) is 19.3 Å². The number of halogens is 2. The van der Waals surface area contributed by atoms with E-state index in [1.807, 2.05) is 0 Å². The third-order valence-electron chi connectivity index (χ3n) is 4.37. The normalized spacial score (nSPS) is 62.5. The molecule has 0 aliphatic heterocycles. The first-order valence-corrected chi connectivity index (χ1v) is 6.88. The Balaban J connectivity index is 1.90. The van der Waals surface area contributed by atoms with Crippen molar-refractivity contribution >= 4 is 31.9 Å². The van der Waals surface area contributed by atoms with E-state index in [-0.39, 0.29) is 0 Å². The summed E-state index contributed by atoms with van der Waals surface area (Å²) < 4.78 is 0. The van der Waals surface area contributed by atoms with Gasteiger partial charge in [0, 0.05) is 9.65 Å². The van der Waals surface area contributed by atoms with Crippen LogP contribution in [-0.4, -0.2) is 9.65 Å². The molecule has 3 fully saturated rings. The summed E-state index contributed by atoms with van der Waals surface area (Å²) in [4.78, 5) is 1.54. The molecular formula is C10H14Br2. The second-order valence-corrected chi connectivity index (χ2v) is 7.00. The molecule has 0 aromatic carbocycles. The van der Waals surface area contributed by atoms with Gasteiger partial charge < -0.3 is 0 Å². The van der Waals surface area contributed by atoms with E-state index in [2.05, 4.69) is 31.9 Å². The zero-order valence-electron chi connectivity index (χ0n) is 7.05. The minimum absolute atomic E-state index is 0.760. The molecule has 0 radical (unpaired) electrons. The smallest absolute Gasteiger partial charge is 0.0304 e. The Labute approximate surface area is 90.7 Å². The van der Waals surface area contributed by atoms with E-state index in [4.69, 9.17) is 0 Å². The van der Waals surface area contributed by atoms with Crippen LogP contribution in [-0.2, 0) is 0 Å². The van der Waals surface area contributed by atoms with Crippen molar-refractivity contribution in [3.8, 4) is 0 Å². The van der Waals surface area contributed by atoms with Crippen molar-refractivity contribution in [3.63, 3.8) is 0 Å². The molecule has 0 amide bonds. The summed E-state index contributed by atoms with van der Waals surface area (Å²) in [7, 11) is 0. The highest BCUT2D eigenvalue weighted by molar-refractivity contribution is 9.12. The first-order valence-electron chi connectivity index (χ1n) is 5.05. The maximum Gasteiger partial charge on any atom is 0.0304 e. The topological polar surface area (TPSA) is 0 Å². The van der Waals surface area contributed by atoms with Crippen LogP contribution < -0.4 is 0 Å². The van der Waals surface area contributed by atoms with Gasteiger partial charge in [0.05, 0.1) is 0 Å². The van der Waals surface area contributed by atoms with E-state index in [0.29, 0.717) is 0 Å². The second-order valence-electron chi connectivity index (χ2n) is 4.77. The molecule has 12 heavy (non-hydrogen) atoms. The van der Waals surface area contributed by atoms with Crippen LogP contribution in [0.15, 0.2) is 0 Å². The average Bonchev–Trinajstić information content (AvgIpc) is 2.66. The Bertz CT molecular complexity index is 202. The first kappa shape index (κ1) is 8.28. The second kappa shape index (κ2) is 2.73. The van der Waals surface area contributed by atoms with E-state index in [9.17, 15) is 0 Å². The van der Waals surface area contributed by atoms with Crippen molar-refractivity contribution in [2.75, 3.05) is 0 Å². The predicted molar refractivity (Wildman–Crippen MR) is 57.9 cm³/mol. The largest absolute Gasteiger partial charge is 0.0878 e. The third-order valence-corrected chi connectivity index (χ3v) is 7.27. The summed E-state index contributed by atoms with van der Waals surface area (Å²) in [6, 6.07) is 0. The van der Waals surface area contributed by atoms with Crippen molar-refractivity contribution in [3.05, 3.63) is 0 Å². The number of fused-ring (bicyclic) bond motifs is 5. The molecule has 68 valence electrons. The van der Waals surface area contributed by atoms with Crippen LogP contribution in [0.4, 0.5) is 0 Å². The van der Waals surface area contributed by atoms with E-state index < -0.39 is 0 Å². The zero-order valence-corrected chi connectivity index (χ0v) is 10.2. The van der Waals surface area contributed by atoms with Crippen molar-refractivity contribution < 1.29 is 0 Å². The van der Waals surface area contributed by atoms with E-state index in [0.717, 1.165) is 33.3 Å². The van der Waals surface area contributed by atoms with Gasteiger partial charge in [0.2, 0.25) is 0 Å². The van der Waals surface area contributed by atoms with Crippen LogP contribution in [0.25, 0.3) is 0 Å². The number of rotatable bonds is 0. The van der Waals surface area contributed by atoms with Crippen molar-refractivity contribution in [1.29, 1.82) is 0 Å². The van der Waals surface area contributed by atoms with Gasteiger partial charge in [-0.05, 0) is 49.4 Å². The van der Waals surface area contributed by atoms with Gasteiger partial charge in [-0.25, -0.2) is 0 Å². The van der Waals surface area contributed by atoms with E-state index in [1.54, 1.807) is 6.42 Å². The Morgan fingerprint density at radius 3 is 2.42 bits per heavy atom. The van der Waals surface area contributed by atoms with Crippen LogP contribution >= 0.6 is 31.9 Å². The molecule has 0 aromatic rings. The lowest BCUT2D eigenvalue weighted by molar-refractivity contribution is 0.264. The lowest BCUT2D eigenvalue weighted by atomic mass is 9.82. The maximum absolute atomic E-state index is 3.87. The lowest BCUT2D eigenvalue weighted by Crippen LogP contribution is -2.23. The highest BCUT2D eigenvalue weighted by atomic mass is 79.9. The molecule has 0 unspecified atom stereocenters. The minimum atomic E-state index is 0.760. The summed E-state index contributed by atoms with van der Waals surface area (Å²) in [5.74, 6) is 4.26. The molecular weight excluding hydrogens is 280 g/mol. The predicted octanol–water partition coefficient (Wildman–Crippen LogP) is 3.58. The fourth-order valence-electron chi connectivity index (χ4n) is 3.93. The molecule has 0 spiro atoms. The lowest BCUT2D eigenvalue weighted by Gasteiger charge is -2.26. The monoisotopic (exact) mass is 292 g/mol. The Kier molecular flexibility index (Phi) is 1.88. The zero-order chi connectivity index (χ0) is 8.29. The highest BCUT2D eigenvalue weighted by Gasteiger charge is 2.55. The van der Waals surface area contributed by atoms with Gasteiger partial charge >= 0.3 is 0 Å². The maximum atomic E-state index is 3.87. The average molecular weight is 294 g/mol. The molecule has 0 nitrogen and oxygen atoms in total. The van der Waals surface area contributed by atoms with Gasteiger partial charge in [0.15, 0.2) is 0 Å². The van der Waals surface area contributed by atoms with Gasteiger partial charge in [-0.15, -0.1) is 0 Å². The fourth-order valence-corrected chi connectivity index (χ4v) is 5.76. The SMILES string of the molecule is Br[C@H]1[C@@H]2[C@@H]3CC[C@@H](C3)[C@H]2C[C@H]1Br. The van der Waals surface area contributed by atoms with E-state index >= 15 is 0 Å². The van der Waals surface area contributed by atoms with Crippen LogP contribution in [0.3, 0.4) is 0 Å². The van der Waals surface area contributed by atoms with Crippen molar-refractivity contribution in [2.24, 2.45) is 23.7 Å². The van der Waals surface area contributed by atoms with Crippen LogP contribution in [0, 0.1) is 23.7 Å². The molecule has 0 saturated heterocycles. The first-order chi connectivity index (χ1) is 5.77. The van der Waals surface area contributed by atoms with Crippen LogP contribution in [0.2, 0.25) is 0 Å². The van der Waals surface area contributed by atoms with Crippen molar-refractivity contribution in [1.82, 2.24) is 0 Å². The van der Waals surface area contributed by atoms with Gasteiger partial charge in [0.1, 0.15) is 0 Å². The Hall–Kier alpha value is 0.960. The van der Waals surface area contributed by atoms with Gasteiger partial charge in [-0.1, -0.05) is 31.9 Å². The Morgan fingerprint density at radius 1 is 0.917 bits per heavy atom. The molecule has 3 aliphatic carbocycles. The molecule has 2 heteroatoms.